The summed E-state index contributed by atoms with van der Waals surface area (Å²) in [6.07, 6.45) is 2.17. The summed E-state index contributed by atoms with van der Waals surface area (Å²) < 4.78 is 54.4. The first-order valence-corrected chi connectivity index (χ1v) is 13.6. The highest BCUT2D eigenvalue weighted by Gasteiger charge is 2.36. The van der Waals surface area contributed by atoms with E-state index in [1.165, 1.54) is 12.3 Å². The Bertz CT molecular complexity index is 1410. The van der Waals surface area contributed by atoms with Crippen LogP contribution in [0, 0.1) is 0 Å². The fourth-order valence-corrected chi connectivity index (χ4v) is 6.04. The lowest BCUT2D eigenvalue weighted by molar-refractivity contribution is -0.274. The molecule has 3 aliphatic heterocycles. The molecule has 0 radical (unpaired) electrons. The number of urea groups is 1. The number of nitrogens with one attached hydrogen (secondary N) is 1. The molecule has 0 atom stereocenters. The SMILES string of the molecule is CNC(=O)N1CCc2c(c(N3CCCc4cc(-c5cnn(C)c5)c(OC(F)(F)F)cc43)nn2C2CCOCC2)C1. The highest BCUT2D eigenvalue weighted by molar-refractivity contribution is 5.79. The maximum absolute atomic E-state index is 13.6. The van der Waals surface area contributed by atoms with Crippen LogP contribution in [0.15, 0.2) is 24.5 Å². The number of benzene rings is 1. The number of amides is 2. The van der Waals surface area contributed by atoms with Crippen LogP contribution in [0.1, 0.15) is 42.1 Å². The number of halogens is 3. The zero-order valence-corrected chi connectivity index (χ0v) is 22.5. The van der Waals surface area contributed by atoms with E-state index < -0.39 is 6.36 Å². The third-order valence-electron chi connectivity index (χ3n) is 7.90. The van der Waals surface area contributed by atoms with Crippen molar-refractivity contribution in [3.63, 3.8) is 0 Å². The Morgan fingerprint density at radius 2 is 1.98 bits per heavy atom. The zero-order chi connectivity index (χ0) is 28.0. The number of fused-ring (bicyclic) bond motifs is 2. The molecule has 0 aliphatic carbocycles. The summed E-state index contributed by atoms with van der Waals surface area (Å²) >= 11 is 0. The Hall–Kier alpha value is -3.74. The number of carbonyl (C=O) groups is 1. The second-order valence-corrected chi connectivity index (χ2v) is 10.4. The van der Waals surface area contributed by atoms with Crippen LogP contribution in [0.5, 0.6) is 5.75 Å². The summed E-state index contributed by atoms with van der Waals surface area (Å²) in [4.78, 5) is 16.3. The van der Waals surface area contributed by atoms with Gasteiger partial charge in [-0.1, -0.05) is 0 Å². The van der Waals surface area contributed by atoms with Gasteiger partial charge in [-0.2, -0.15) is 10.2 Å². The van der Waals surface area contributed by atoms with Gasteiger partial charge in [-0.25, -0.2) is 4.79 Å². The van der Waals surface area contributed by atoms with Gasteiger partial charge in [-0.05, 0) is 37.3 Å². The molecule has 2 aromatic heterocycles. The minimum absolute atomic E-state index is 0.170. The average Bonchev–Trinajstić information content (AvgIpc) is 3.55. The number of nitrogens with zero attached hydrogens (tertiary/aromatic N) is 6. The monoisotopic (exact) mass is 559 g/mol. The molecule has 13 heteroatoms. The molecule has 214 valence electrons. The second kappa shape index (κ2) is 10.3. The van der Waals surface area contributed by atoms with Crippen molar-refractivity contribution in [3.8, 4) is 16.9 Å². The molecule has 0 saturated carbocycles. The molecule has 0 unspecified atom stereocenters. The van der Waals surface area contributed by atoms with Crippen LogP contribution in [-0.4, -0.2) is 70.2 Å². The first-order chi connectivity index (χ1) is 19.2. The molecular formula is C27H32F3N7O3. The number of aromatic nitrogens is 4. The topological polar surface area (TPSA) is 89.7 Å². The van der Waals surface area contributed by atoms with E-state index in [0.717, 1.165) is 36.1 Å². The normalized spacial score (nSPS) is 17.9. The molecule has 1 fully saturated rings. The van der Waals surface area contributed by atoms with E-state index in [4.69, 9.17) is 9.84 Å². The van der Waals surface area contributed by atoms with E-state index in [2.05, 4.69) is 19.8 Å². The van der Waals surface area contributed by atoms with E-state index in [-0.39, 0.29) is 17.8 Å². The summed E-state index contributed by atoms with van der Waals surface area (Å²) in [5.41, 5.74) is 4.44. The minimum atomic E-state index is -4.86. The standard InChI is InChI=1S/C27H32F3N7O3/c1-31-26(38)35-9-5-22-21(16-35)25(33-37(22)19-6-10-39-11-7-19)36-8-3-4-17-12-20(18-14-32-34(2)15-18)24(13-23(17)36)40-27(28,29)30/h12-15,19H,3-11,16H2,1-2H3,(H,31,38). The van der Waals surface area contributed by atoms with Crippen LogP contribution in [-0.2, 0) is 31.2 Å². The molecule has 5 heterocycles. The predicted molar refractivity (Wildman–Crippen MR) is 141 cm³/mol. The highest BCUT2D eigenvalue weighted by Crippen LogP contribution is 2.45. The highest BCUT2D eigenvalue weighted by atomic mass is 19.4. The van der Waals surface area contributed by atoms with Crippen molar-refractivity contribution in [2.75, 3.05) is 38.3 Å². The molecule has 1 N–H and O–H groups in total. The lowest BCUT2D eigenvalue weighted by atomic mass is 9.95. The summed E-state index contributed by atoms with van der Waals surface area (Å²) in [7, 11) is 3.32. The van der Waals surface area contributed by atoms with Gasteiger partial charge >= 0.3 is 12.4 Å². The summed E-state index contributed by atoms with van der Waals surface area (Å²) in [5, 5.41) is 11.9. The lowest BCUT2D eigenvalue weighted by Gasteiger charge is -2.33. The molecule has 1 saturated heterocycles. The number of carbonyl (C=O) groups excluding carboxylic acids is 1. The van der Waals surface area contributed by atoms with Crippen molar-refractivity contribution in [1.29, 1.82) is 0 Å². The van der Waals surface area contributed by atoms with E-state index in [0.29, 0.717) is 68.3 Å². The Kier molecular flexibility index (Phi) is 6.85. The fraction of sp³-hybridized carbons (Fsp3) is 0.519. The van der Waals surface area contributed by atoms with Crippen molar-refractivity contribution in [3.05, 3.63) is 41.3 Å². The Labute approximate surface area is 229 Å². The molecule has 3 aliphatic rings. The van der Waals surface area contributed by atoms with Crippen molar-refractivity contribution >= 4 is 17.5 Å². The smallest absolute Gasteiger partial charge is 0.405 e. The number of ether oxygens (including phenoxy) is 2. The average molecular weight is 560 g/mol. The number of anilines is 2. The zero-order valence-electron chi connectivity index (χ0n) is 22.5. The molecule has 0 spiro atoms. The van der Waals surface area contributed by atoms with Crippen molar-refractivity contribution < 1.29 is 27.4 Å². The summed E-state index contributed by atoms with van der Waals surface area (Å²) in [6.45, 7) is 2.83. The van der Waals surface area contributed by atoms with Crippen LogP contribution in [0.2, 0.25) is 0 Å². The van der Waals surface area contributed by atoms with Gasteiger partial charge in [0.25, 0.3) is 0 Å². The Morgan fingerprint density at radius 3 is 2.67 bits per heavy atom. The Morgan fingerprint density at radius 1 is 1.18 bits per heavy atom. The Balaban J connectivity index is 1.47. The minimum Gasteiger partial charge on any atom is -0.405 e. The van der Waals surface area contributed by atoms with Crippen LogP contribution in [0.25, 0.3) is 11.1 Å². The van der Waals surface area contributed by atoms with Crippen molar-refractivity contribution in [1.82, 2.24) is 29.8 Å². The van der Waals surface area contributed by atoms with Crippen LogP contribution >= 0.6 is 0 Å². The van der Waals surface area contributed by atoms with Gasteiger partial charge in [-0.15, -0.1) is 13.2 Å². The summed E-state index contributed by atoms with van der Waals surface area (Å²) in [5.74, 6) is 0.402. The molecule has 6 rings (SSSR count). The third-order valence-corrected chi connectivity index (χ3v) is 7.90. The number of hydrogen-bond donors (Lipinski definition) is 1. The first kappa shape index (κ1) is 26.5. The fourth-order valence-electron chi connectivity index (χ4n) is 6.04. The molecule has 1 aromatic carbocycles. The number of hydrogen-bond acceptors (Lipinski definition) is 6. The van der Waals surface area contributed by atoms with Gasteiger partial charge in [-0.3, -0.25) is 9.36 Å². The van der Waals surface area contributed by atoms with E-state index in [9.17, 15) is 18.0 Å². The van der Waals surface area contributed by atoms with E-state index in [1.54, 1.807) is 35.9 Å². The summed E-state index contributed by atoms with van der Waals surface area (Å²) in [6, 6.07) is 3.25. The van der Waals surface area contributed by atoms with Gasteiger partial charge in [0.15, 0.2) is 5.82 Å². The van der Waals surface area contributed by atoms with Gasteiger partial charge in [0.2, 0.25) is 0 Å². The number of aryl methyl sites for hydroxylation is 2. The molecule has 2 amide bonds. The van der Waals surface area contributed by atoms with Crippen LogP contribution in [0.4, 0.5) is 29.5 Å². The molecule has 40 heavy (non-hydrogen) atoms. The number of alkyl halides is 3. The lowest BCUT2D eigenvalue weighted by Crippen LogP contribution is -2.42. The largest absolute Gasteiger partial charge is 0.573 e. The van der Waals surface area contributed by atoms with Crippen molar-refractivity contribution in [2.45, 2.75) is 51.1 Å². The quantitative estimate of drug-likeness (QED) is 0.513. The van der Waals surface area contributed by atoms with Gasteiger partial charge < -0.3 is 24.6 Å². The maximum Gasteiger partial charge on any atom is 0.573 e. The van der Waals surface area contributed by atoms with E-state index in [1.807, 2.05) is 4.90 Å². The molecule has 0 bridgehead atoms. The van der Waals surface area contributed by atoms with Crippen LogP contribution < -0.4 is 15.0 Å². The number of rotatable bonds is 4. The van der Waals surface area contributed by atoms with Crippen LogP contribution in [0.3, 0.4) is 0 Å². The molecular weight excluding hydrogens is 527 g/mol. The van der Waals surface area contributed by atoms with Gasteiger partial charge in [0.05, 0.1) is 18.8 Å². The maximum atomic E-state index is 13.6. The first-order valence-electron chi connectivity index (χ1n) is 13.6. The van der Waals surface area contributed by atoms with Crippen molar-refractivity contribution in [2.24, 2.45) is 7.05 Å². The molecule has 3 aromatic rings. The van der Waals surface area contributed by atoms with Gasteiger partial charge in [0.1, 0.15) is 5.75 Å². The van der Waals surface area contributed by atoms with E-state index >= 15 is 0 Å². The third kappa shape index (κ3) is 4.98. The second-order valence-electron chi connectivity index (χ2n) is 10.4. The predicted octanol–water partition coefficient (Wildman–Crippen LogP) is 4.32. The molecule has 10 nitrogen and oxygen atoms in total. The van der Waals surface area contributed by atoms with Gasteiger partial charge in [0, 0.05) is 87.2 Å².